The number of fused-ring (bicyclic) bond motifs is 5. The molecule has 0 spiro atoms. The van der Waals surface area contributed by atoms with Crippen LogP contribution in [0, 0.1) is 34.5 Å². The minimum atomic E-state index is -0.429. The van der Waals surface area contributed by atoms with Gasteiger partial charge in [-0.2, -0.15) is 0 Å². The maximum Gasteiger partial charge on any atom is 0.410 e. The highest BCUT2D eigenvalue weighted by molar-refractivity contribution is 5.74. The van der Waals surface area contributed by atoms with Gasteiger partial charge in [-0.05, 0) is 99.2 Å². The minimum Gasteiger partial charge on any atom is -0.469 e. The topological polar surface area (TPSA) is 102 Å². The Balaban J connectivity index is 1.27. The van der Waals surface area contributed by atoms with Crippen LogP contribution in [0.25, 0.3) is 0 Å². The van der Waals surface area contributed by atoms with Crippen LogP contribution in [0.1, 0.15) is 84.5 Å². The van der Waals surface area contributed by atoms with Crippen molar-refractivity contribution in [1.29, 1.82) is 0 Å². The molecule has 7 heteroatoms. The number of nitrogens with zero attached hydrogens (tertiary/aromatic N) is 1. The standard InChI is InChI=1S/C27H44N2O5/c1-25-11-8-19(34-24(32)29-14-4-5-18(30)16-29)15-17(25)6-7-21-20(25)9-12-26(2)22(23(31)33-3)10-13-27(21,26)28/h17-22,30H,4-16,28H2,1-3H3/t17?,18?,19?,20-,21-,22?,25+,26-,27-/m1/s1. The van der Waals surface area contributed by atoms with Gasteiger partial charge in [0.1, 0.15) is 6.10 Å². The van der Waals surface area contributed by atoms with Gasteiger partial charge in [0.15, 0.2) is 0 Å². The predicted molar refractivity (Wildman–Crippen MR) is 128 cm³/mol. The number of hydrogen-bond acceptors (Lipinski definition) is 6. The predicted octanol–water partition coefficient (Wildman–Crippen LogP) is 3.86. The number of piperidine rings is 1. The van der Waals surface area contributed by atoms with Gasteiger partial charge in [0, 0.05) is 18.6 Å². The van der Waals surface area contributed by atoms with Crippen molar-refractivity contribution >= 4 is 12.1 Å². The first-order valence-corrected chi connectivity index (χ1v) is 13.6. The number of rotatable bonds is 2. The maximum atomic E-state index is 12.7. The number of methoxy groups -OCH3 is 1. The van der Waals surface area contributed by atoms with E-state index in [0.717, 1.165) is 70.6 Å². The molecule has 0 aromatic carbocycles. The van der Waals surface area contributed by atoms with Gasteiger partial charge in [0.05, 0.1) is 19.1 Å². The highest BCUT2D eigenvalue weighted by atomic mass is 16.6. The summed E-state index contributed by atoms with van der Waals surface area (Å²) in [6, 6.07) is 0. The fourth-order valence-electron chi connectivity index (χ4n) is 9.25. The molecule has 9 atom stereocenters. The minimum absolute atomic E-state index is 0.0305. The first kappa shape index (κ1) is 24.4. The SMILES string of the molecule is COC(=O)C1CC[C@@]2(N)[C@@H]3CCC4CC(OC(=O)N5CCCC(O)C5)CC[C@]4(C)[C@@H]3CC[C@]12C. The Labute approximate surface area is 204 Å². The van der Waals surface area contributed by atoms with E-state index in [4.69, 9.17) is 15.2 Å². The van der Waals surface area contributed by atoms with E-state index < -0.39 is 6.10 Å². The van der Waals surface area contributed by atoms with Gasteiger partial charge in [0.2, 0.25) is 0 Å². The third-order valence-electron chi connectivity index (χ3n) is 11.4. The number of esters is 1. The summed E-state index contributed by atoms with van der Waals surface area (Å²) in [4.78, 5) is 27.0. The lowest BCUT2D eigenvalue weighted by Gasteiger charge is -2.64. The number of carbonyl (C=O) groups excluding carboxylic acids is 2. The second kappa shape index (κ2) is 8.65. The fraction of sp³-hybridized carbons (Fsp3) is 0.926. The van der Waals surface area contributed by atoms with E-state index in [0.29, 0.717) is 30.8 Å². The molecule has 1 aliphatic heterocycles. The number of amides is 1. The van der Waals surface area contributed by atoms with Crippen LogP contribution < -0.4 is 5.73 Å². The number of hydrogen-bond donors (Lipinski definition) is 2. The summed E-state index contributed by atoms with van der Waals surface area (Å²) in [6.45, 7) is 5.78. The average molecular weight is 477 g/mol. The second-order valence-electron chi connectivity index (χ2n) is 12.6. The van der Waals surface area contributed by atoms with Gasteiger partial charge in [-0.15, -0.1) is 0 Å². The summed E-state index contributed by atoms with van der Waals surface area (Å²) >= 11 is 0. The summed E-state index contributed by atoms with van der Waals surface area (Å²) in [6.07, 6.45) is 9.86. The normalized spacial score (nSPS) is 48.3. The lowest BCUT2D eigenvalue weighted by molar-refractivity contribution is -0.160. The number of aliphatic hydroxyl groups excluding tert-OH is 1. The zero-order chi connectivity index (χ0) is 24.3. The van der Waals surface area contributed by atoms with Crippen LogP contribution in [0.4, 0.5) is 4.79 Å². The molecule has 1 saturated heterocycles. The Morgan fingerprint density at radius 2 is 1.79 bits per heavy atom. The van der Waals surface area contributed by atoms with E-state index in [1.54, 1.807) is 4.90 Å². The first-order valence-electron chi connectivity index (χ1n) is 13.6. The van der Waals surface area contributed by atoms with Gasteiger partial charge < -0.3 is 25.2 Å². The average Bonchev–Trinajstić information content (AvgIpc) is 3.10. The Morgan fingerprint density at radius 3 is 2.53 bits per heavy atom. The van der Waals surface area contributed by atoms with Crippen LogP contribution >= 0.6 is 0 Å². The molecule has 5 rings (SSSR count). The van der Waals surface area contributed by atoms with Crippen LogP contribution in [-0.2, 0) is 14.3 Å². The highest BCUT2D eigenvalue weighted by Crippen LogP contribution is 2.68. The van der Waals surface area contributed by atoms with Crippen molar-refractivity contribution in [3.8, 4) is 0 Å². The number of likely N-dealkylation sites (tertiary alicyclic amines) is 1. The first-order chi connectivity index (χ1) is 16.1. The Morgan fingerprint density at radius 1 is 1.00 bits per heavy atom. The number of carbonyl (C=O) groups is 2. The lowest BCUT2D eigenvalue weighted by Crippen LogP contribution is -2.66. The van der Waals surface area contributed by atoms with E-state index in [1.165, 1.54) is 7.11 Å². The Hall–Kier alpha value is -1.34. The molecule has 192 valence electrons. The van der Waals surface area contributed by atoms with Crippen molar-refractivity contribution < 1.29 is 24.2 Å². The van der Waals surface area contributed by atoms with Crippen molar-refractivity contribution in [3.05, 3.63) is 0 Å². The van der Waals surface area contributed by atoms with Gasteiger partial charge in [-0.25, -0.2) is 4.79 Å². The summed E-state index contributed by atoms with van der Waals surface area (Å²) in [5, 5.41) is 9.91. The number of aliphatic hydroxyl groups is 1. The summed E-state index contributed by atoms with van der Waals surface area (Å²) < 4.78 is 11.1. The van der Waals surface area contributed by atoms with Gasteiger partial charge in [0.25, 0.3) is 0 Å². The smallest absolute Gasteiger partial charge is 0.410 e. The third kappa shape index (κ3) is 3.59. The van der Waals surface area contributed by atoms with Crippen molar-refractivity contribution in [2.75, 3.05) is 20.2 Å². The van der Waals surface area contributed by atoms with E-state index in [-0.39, 0.29) is 40.5 Å². The summed E-state index contributed by atoms with van der Waals surface area (Å²) in [5.74, 6) is 1.37. The molecule has 3 N–H and O–H groups in total. The monoisotopic (exact) mass is 476 g/mol. The molecule has 0 radical (unpaired) electrons. The largest absolute Gasteiger partial charge is 0.469 e. The summed E-state index contributed by atoms with van der Waals surface area (Å²) in [5.41, 5.74) is 7.02. The molecule has 1 heterocycles. The van der Waals surface area contributed by atoms with Gasteiger partial charge in [-0.3, -0.25) is 4.79 Å². The van der Waals surface area contributed by atoms with Crippen molar-refractivity contribution in [2.24, 2.45) is 40.2 Å². The third-order valence-corrected chi connectivity index (χ3v) is 11.4. The zero-order valence-electron chi connectivity index (χ0n) is 21.3. The fourth-order valence-corrected chi connectivity index (χ4v) is 9.25. The molecule has 5 aliphatic rings. The zero-order valence-corrected chi connectivity index (χ0v) is 21.3. The van der Waals surface area contributed by atoms with Crippen LogP contribution in [0.2, 0.25) is 0 Å². The quantitative estimate of drug-likeness (QED) is 0.587. The molecule has 1 amide bonds. The second-order valence-corrected chi connectivity index (χ2v) is 12.6. The lowest BCUT2D eigenvalue weighted by atomic mass is 9.42. The van der Waals surface area contributed by atoms with E-state index >= 15 is 0 Å². The van der Waals surface area contributed by atoms with E-state index in [9.17, 15) is 14.7 Å². The number of ether oxygens (including phenoxy) is 2. The van der Waals surface area contributed by atoms with E-state index in [2.05, 4.69) is 13.8 Å². The molecule has 0 aromatic rings. The number of β-amino-alcohol motifs (C(OH)–C–C–N with tert-alkyl or cyclic N) is 1. The van der Waals surface area contributed by atoms with Gasteiger partial charge >= 0.3 is 12.1 Å². The van der Waals surface area contributed by atoms with Crippen molar-refractivity contribution in [2.45, 2.75) is 102 Å². The van der Waals surface area contributed by atoms with Crippen molar-refractivity contribution in [1.82, 2.24) is 4.90 Å². The molecule has 0 aromatic heterocycles. The molecule has 4 unspecified atom stereocenters. The number of nitrogens with two attached hydrogens (primary N) is 1. The highest BCUT2D eigenvalue weighted by Gasteiger charge is 2.67. The van der Waals surface area contributed by atoms with Crippen LogP contribution in [0.3, 0.4) is 0 Å². The van der Waals surface area contributed by atoms with Crippen LogP contribution in [0.5, 0.6) is 0 Å². The molecule has 34 heavy (non-hydrogen) atoms. The van der Waals surface area contributed by atoms with Crippen molar-refractivity contribution in [3.63, 3.8) is 0 Å². The molecular weight excluding hydrogens is 432 g/mol. The molecule has 5 fully saturated rings. The van der Waals surface area contributed by atoms with Crippen LogP contribution in [0.15, 0.2) is 0 Å². The molecule has 7 nitrogen and oxygen atoms in total. The molecule has 4 aliphatic carbocycles. The van der Waals surface area contributed by atoms with E-state index in [1.807, 2.05) is 0 Å². The van der Waals surface area contributed by atoms with Crippen LogP contribution in [-0.4, -0.2) is 60.0 Å². The Kier molecular flexibility index (Phi) is 6.20. The maximum absolute atomic E-state index is 12.7. The summed E-state index contributed by atoms with van der Waals surface area (Å²) in [7, 11) is 1.50. The van der Waals surface area contributed by atoms with Gasteiger partial charge in [-0.1, -0.05) is 13.8 Å². The molecule has 4 saturated carbocycles. The Bertz CT molecular complexity index is 821. The molecule has 0 bridgehead atoms. The molecular formula is C27H44N2O5.